The van der Waals surface area contributed by atoms with Gasteiger partial charge >= 0.3 is 0 Å². The number of hydrogen-bond acceptors (Lipinski definition) is 3. The van der Waals surface area contributed by atoms with Gasteiger partial charge in [0.25, 0.3) is 5.91 Å². The number of hydrogen-bond donors (Lipinski definition) is 0. The molecule has 0 saturated carbocycles. The maximum Gasteiger partial charge on any atom is 0.254 e. The van der Waals surface area contributed by atoms with E-state index < -0.39 is 0 Å². The largest absolute Gasteiger partial charge is 0.312 e. The lowest BCUT2D eigenvalue weighted by molar-refractivity contribution is -0.124. The Labute approximate surface area is 108 Å². The van der Waals surface area contributed by atoms with E-state index in [9.17, 15) is 4.79 Å². The third-order valence-electron chi connectivity index (χ3n) is 2.62. The van der Waals surface area contributed by atoms with Gasteiger partial charge in [-0.3, -0.25) is 9.79 Å². The smallest absolute Gasteiger partial charge is 0.254 e. The number of carbonyl (C=O) groups excluding carboxylic acids is 1. The number of amides is 1. The molecule has 0 spiro atoms. The van der Waals surface area contributed by atoms with Crippen LogP contribution in [-0.4, -0.2) is 36.4 Å². The molecule has 1 amide bonds. The van der Waals surface area contributed by atoms with Gasteiger partial charge in [-0.1, -0.05) is 18.7 Å². The van der Waals surface area contributed by atoms with Crippen molar-refractivity contribution < 1.29 is 4.79 Å². The SMILES string of the molecule is C=C(/C=C\C)N(C)C(=O)/C1=C/C/N=C\N=C(\C)C1. The lowest BCUT2D eigenvalue weighted by Crippen LogP contribution is -2.27. The summed E-state index contributed by atoms with van der Waals surface area (Å²) in [6.45, 7) is 8.12. The molecule has 0 saturated heterocycles. The molecule has 0 atom stereocenters. The maximum atomic E-state index is 12.3. The predicted molar refractivity (Wildman–Crippen MR) is 75.9 cm³/mol. The average Bonchev–Trinajstić information content (AvgIpc) is 2.32. The summed E-state index contributed by atoms with van der Waals surface area (Å²) in [4.78, 5) is 22.0. The highest BCUT2D eigenvalue weighted by Crippen LogP contribution is 2.12. The van der Waals surface area contributed by atoms with Crippen LogP contribution >= 0.6 is 0 Å². The molecule has 0 aromatic carbocycles. The number of nitrogens with zero attached hydrogens (tertiary/aromatic N) is 3. The fourth-order valence-electron chi connectivity index (χ4n) is 1.56. The van der Waals surface area contributed by atoms with E-state index in [1.165, 1.54) is 6.34 Å². The van der Waals surface area contributed by atoms with E-state index in [2.05, 4.69) is 16.6 Å². The minimum Gasteiger partial charge on any atom is -0.312 e. The second-order valence-electron chi connectivity index (χ2n) is 4.11. The number of rotatable bonds is 3. The van der Waals surface area contributed by atoms with Crippen molar-refractivity contribution in [2.45, 2.75) is 20.3 Å². The number of carbonyl (C=O) groups is 1. The number of likely N-dealkylation sites (N-methyl/N-ethyl adjacent to an activating group) is 1. The molecule has 0 N–H and O–H groups in total. The Morgan fingerprint density at radius 2 is 2.28 bits per heavy atom. The third-order valence-corrected chi connectivity index (χ3v) is 2.62. The molecular weight excluding hydrogens is 226 g/mol. The standard InChI is InChI=1S/C14H19N3O/c1-5-6-12(3)17(4)14(18)13-7-8-15-10-16-11(2)9-13/h5-7,10H,3,8-9H2,1-2,4H3/b6-5-,13-7+,15-10-,16-11-. The third kappa shape index (κ3) is 3.80. The maximum absolute atomic E-state index is 12.3. The van der Waals surface area contributed by atoms with Crippen molar-refractivity contribution in [3.63, 3.8) is 0 Å². The van der Waals surface area contributed by atoms with Crippen LogP contribution in [0.1, 0.15) is 20.3 Å². The summed E-state index contributed by atoms with van der Waals surface area (Å²) in [5.41, 5.74) is 2.26. The Bertz CT molecular complexity index is 456. The fourth-order valence-corrected chi connectivity index (χ4v) is 1.56. The van der Waals surface area contributed by atoms with E-state index in [4.69, 9.17) is 0 Å². The summed E-state index contributed by atoms with van der Waals surface area (Å²) >= 11 is 0. The summed E-state index contributed by atoms with van der Waals surface area (Å²) in [6, 6.07) is 0. The van der Waals surface area contributed by atoms with Crippen LogP contribution in [0.2, 0.25) is 0 Å². The van der Waals surface area contributed by atoms with E-state index in [1.807, 2.05) is 26.0 Å². The Morgan fingerprint density at radius 1 is 1.56 bits per heavy atom. The summed E-state index contributed by atoms with van der Waals surface area (Å²) < 4.78 is 0. The highest BCUT2D eigenvalue weighted by molar-refractivity contribution is 6.02. The van der Waals surface area contributed by atoms with Crippen LogP contribution in [0.4, 0.5) is 0 Å². The average molecular weight is 245 g/mol. The molecule has 0 aromatic rings. The zero-order valence-electron chi connectivity index (χ0n) is 11.2. The molecule has 4 heteroatoms. The van der Waals surface area contributed by atoms with Crippen LogP contribution in [0.3, 0.4) is 0 Å². The molecule has 4 nitrogen and oxygen atoms in total. The summed E-state index contributed by atoms with van der Waals surface area (Å²) in [5, 5.41) is 0. The first kappa shape index (κ1) is 14.1. The van der Waals surface area contributed by atoms with Gasteiger partial charge in [0.2, 0.25) is 0 Å². The van der Waals surface area contributed by atoms with Gasteiger partial charge in [0, 0.05) is 30.5 Å². The Kier molecular flexibility index (Phi) is 5.24. The quantitative estimate of drug-likeness (QED) is 0.704. The van der Waals surface area contributed by atoms with E-state index >= 15 is 0 Å². The van der Waals surface area contributed by atoms with Crippen molar-refractivity contribution in [3.05, 3.63) is 36.1 Å². The van der Waals surface area contributed by atoms with Gasteiger partial charge in [-0.2, -0.15) is 0 Å². The Hall–Kier alpha value is -1.97. The van der Waals surface area contributed by atoms with Crippen molar-refractivity contribution in [2.24, 2.45) is 9.98 Å². The van der Waals surface area contributed by atoms with Crippen LogP contribution in [0.25, 0.3) is 0 Å². The monoisotopic (exact) mass is 245 g/mol. The molecular formula is C14H19N3O. The first-order valence-electron chi connectivity index (χ1n) is 5.86. The Morgan fingerprint density at radius 3 is 2.94 bits per heavy atom. The second kappa shape index (κ2) is 6.69. The van der Waals surface area contributed by atoms with Crippen molar-refractivity contribution in [1.82, 2.24) is 4.90 Å². The zero-order valence-corrected chi connectivity index (χ0v) is 11.2. The first-order valence-corrected chi connectivity index (χ1v) is 5.86. The lowest BCUT2D eigenvalue weighted by atomic mass is 10.1. The molecule has 0 aliphatic carbocycles. The van der Waals surface area contributed by atoms with Gasteiger partial charge in [-0.05, 0) is 19.9 Å². The van der Waals surface area contributed by atoms with Gasteiger partial charge in [-0.25, -0.2) is 4.99 Å². The molecule has 0 bridgehead atoms. The zero-order chi connectivity index (χ0) is 13.5. The molecule has 0 unspecified atom stereocenters. The van der Waals surface area contributed by atoms with E-state index in [-0.39, 0.29) is 5.91 Å². The van der Waals surface area contributed by atoms with E-state index in [0.717, 1.165) is 5.71 Å². The second-order valence-corrected chi connectivity index (χ2v) is 4.11. The Balaban J connectivity index is 2.86. The molecule has 1 rings (SSSR count). The summed E-state index contributed by atoms with van der Waals surface area (Å²) in [7, 11) is 1.72. The number of aliphatic imine (C=N–C) groups is 2. The molecule has 1 heterocycles. The first-order chi connectivity index (χ1) is 8.56. The molecule has 0 radical (unpaired) electrons. The lowest BCUT2D eigenvalue weighted by Gasteiger charge is -2.19. The van der Waals surface area contributed by atoms with Crippen molar-refractivity contribution >= 4 is 18.0 Å². The van der Waals surface area contributed by atoms with Gasteiger partial charge < -0.3 is 4.90 Å². The fraction of sp³-hybridized carbons (Fsp3) is 0.357. The van der Waals surface area contributed by atoms with Crippen LogP contribution in [0.5, 0.6) is 0 Å². The molecule has 96 valence electrons. The van der Waals surface area contributed by atoms with E-state index in [0.29, 0.717) is 24.2 Å². The minimum atomic E-state index is -0.0512. The van der Waals surface area contributed by atoms with Crippen LogP contribution < -0.4 is 0 Å². The summed E-state index contributed by atoms with van der Waals surface area (Å²) in [6.07, 6.45) is 7.60. The predicted octanol–water partition coefficient (Wildman–Crippen LogP) is 2.35. The van der Waals surface area contributed by atoms with Gasteiger partial charge in [0.15, 0.2) is 0 Å². The molecule has 1 aliphatic rings. The van der Waals surface area contributed by atoms with Gasteiger partial charge in [0.05, 0.1) is 6.54 Å². The molecule has 0 aromatic heterocycles. The van der Waals surface area contributed by atoms with Gasteiger partial charge in [0.1, 0.15) is 6.34 Å². The topological polar surface area (TPSA) is 45.0 Å². The van der Waals surface area contributed by atoms with Crippen LogP contribution in [0.15, 0.2) is 46.1 Å². The van der Waals surface area contributed by atoms with E-state index in [1.54, 1.807) is 18.0 Å². The van der Waals surface area contributed by atoms with Crippen molar-refractivity contribution in [1.29, 1.82) is 0 Å². The normalized spacial score (nSPS) is 23.3. The molecule has 1 aliphatic heterocycles. The summed E-state index contributed by atoms with van der Waals surface area (Å²) in [5.74, 6) is -0.0512. The number of allylic oxidation sites excluding steroid dienone is 2. The van der Waals surface area contributed by atoms with Crippen molar-refractivity contribution in [2.75, 3.05) is 13.6 Å². The van der Waals surface area contributed by atoms with Crippen LogP contribution in [-0.2, 0) is 4.79 Å². The highest BCUT2D eigenvalue weighted by Gasteiger charge is 2.16. The molecule has 18 heavy (non-hydrogen) atoms. The highest BCUT2D eigenvalue weighted by atomic mass is 16.2. The van der Waals surface area contributed by atoms with Crippen LogP contribution in [0, 0.1) is 0 Å². The minimum absolute atomic E-state index is 0.0512. The van der Waals surface area contributed by atoms with Gasteiger partial charge in [-0.15, -0.1) is 0 Å². The van der Waals surface area contributed by atoms with Crippen molar-refractivity contribution in [3.8, 4) is 0 Å². The molecule has 0 fully saturated rings.